The number of carbonyl (C=O) groups is 3. The first-order valence-corrected chi connectivity index (χ1v) is 10.2. The minimum absolute atomic E-state index is 0.181. The van der Waals surface area contributed by atoms with Gasteiger partial charge in [-0.3, -0.25) is 14.5 Å². The highest BCUT2D eigenvalue weighted by atomic mass is 16.5. The number of hydrogen-bond donors (Lipinski definition) is 0. The first-order valence-electron chi connectivity index (χ1n) is 10.2. The predicted octanol–water partition coefficient (Wildman–Crippen LogP) is 3.99. The molecule has 0 radical (unpaired) electrons. The Labute approximate surface area is 180 Å². The van der Waals surface area contributed by atoms with Gasteiger partial charge in [0.2, 0.25) is 0 Å². The number of benzene rings is 2. The summed E-state index contributed by atoms with van der Waals surface area (Å²) >= 11 is 0. The van der Waals surface area contributed by atoms with Crippen LogP contribution in [0.1, 0.15) is 40.1 Å². The van der Waals surface area contributed by atoms with Gasteiger partial charge in [0.1, 0.15) is 6.04 Å². The highest BCUT2D eigenvalue weighted by Crippen LogP contribution is 2.29. The third-order valence-corrected chi connectivity index (χ3v) is 5.59. The van der Waals surface area contributed by atoms with Crippen molar-refractivity contribution in [1.29, 1.82) is 0 Å². The molecular formula is C25H24N2O4. The Hall–Kier alpha value is -3.67. The van der Waals surface area contributed by atoms with Gasteiger partial charge in [-0.05, 0) is 37.6 Å². The van der Waals surface area contributed by atoms with Crippen molar-refractivity contribution in [3.05, 3.63) is 83.1 Å². The van der Waals surface area contributed by atoms with Gasteiger partial charge in [-0.2, -0.15) is 0 Å². The summed E-state index contributed by atoms with van der Waals surface area (Å²) in [6.07, 6.45) is 4.29. The average molecular weight is 416 g/mol. The number of carbonyl (C=O) groups excluding carboxylic acids is 3. The van der Waals surface area contributed by atoms with Gasteiger partial charge in [0, 0.05) is 30.1 Å². The van der Waals surface area contributed by atoms with Crippen molar-refractivity contribution in [2.75, 3.05) is 7.11 Å². The molecule has 0 spiro atoms. The predicted molar refractivity (Wildman–Crippen MR) is 118 cm³/mol. The summed E-state index contributed by atoms with van der Waals surface area (Å²) in [6.45, 7) is 4.78. The van der Waals surface area contributed by atoms with E-state index < -0.39 is 23.8 Å². The number of fused-ring (bicyclic) bond motifs is 2. The van der Waals surface area contributed by atoms with E-state index in [1.807, 2.05) is 44.3 Å². The zero-order chi connectivity index (χ0) is 22.1. The Bertz CT molecular complexity index is 1180. The molecule has 2 amide bonds. The summed E-state index contributed by atoms with van der Waals surface area (Å²) in [6, 6.07) is 13.5. The minimum atomic E-state index is -1.04. The highest BCUT2D eigenvalue weighted by molar-refractivity contribution is 6.22. The van der Waals surface area contributed by atoms with E-state index in [0.29, 0.717) is 17.7 Å². The molecule has 0 bridgehead atoms. The number of rotatable bonds is 6. The molecule has 3 aromatic rings. The number of ether oxygens (including phenoxy) is 1. The lowest BCUT2D eigenvalue weighted by Crippen LogP contribution is -2.46. The molecule has 0 saturated carbocycles. The summed E-state index contributed by atoms with van der Waals surface area (Å²) in [5.74, 6) is -1.55. The molecule has 6 heteroatoms. The summed E-state index contributed by atoms with van der Waals surface area (Å²) < 4.78 is 7.09. The second-order valence-electron chi connectivity index (χ2n) is 7.87. The fraction of sp³-hybridized carbons (Fsp3) is 0.240. The Kier molecular flexibility index (Phi) is 5.46. The average Bonchev–Trinajstić information content (AvgIpc) is 3.25. The van der Waals surface area contributed by atoms with Gasteiger partial charge in [0.15, 0.2) is 0 Å². The molecule has 1 aliphatic heterocycles. The van der Waals surface area contributed by atoms with Crippen LogP contribution in [0, 0.1) is 0 Å². The molecule has 0 unspecified atom stereocenters. The number of methoxy groups -OCH3 is 1. The molecule has 6 nitrogen and oxygen atoms in total. The van der Waals surface area contributed by atoms with Crippen LogP contribution in [0.15, 0.2) is 66.4 Å². The normalized spacial score (nSPS) is 14.0. The van der Waals surface area contributed by atoms with Gasteiger partial charge >= 0.3 is 5.97 Å². The van der Waals surface area contributed by atoms with Crippen molar-refractivity contribution in [2.24, 2.45) is 0 Å². The highest BCUT2D eigenvalue weighted by Gasteiger charge is 2.43. The molecular weight excluding hydrogens is 392 g/mol. The number of para-hydroxylation sites is 1. The quantitative estimate of drug-likeness (QED) is 0.346. The van der Waals surface area contributed by atoms with Crippen molar-refractivity contribution >= 4 is 28.7 Å². The maximum absolute atomic E-state index is 13.0. The second-order valence-corrected chi connectivity index (χ2v) is 7.87. The van der Waals surface area contributed by atoms with Crippen LogP contribution < -0.4 is 0 Å². The molecule has 1 aliphatic rings. The van der Waals surface area contributed by atoms with Gasteiger partial charge in [-0.25, -0.2) is 4.79 Å². The second kappa shape index (κ2) is 8.22. The fourth-order valence-electron chi connectivity index (χ4n) is 4.03. The number of hydrogen-bond acceptors (Lipinski definition) is 4. The van der Waals surface area contributed by atoms with Gasteiger partial charge in [0.05, 0.1) is 18.2 Å². The molecule has 0 fully saturated rings. The summed E-state index contributed by atoms with van der Waals surface area (Å²) in [5, 5.41) is 0.982. The first-order chi connectivity index (χ1) is 14.9. The lowest BCUT2D eigenvalue weighted by molar-refractivity contribution is -0.145. The van der Waals surface area contributed by atoms with Crippen molar-refractivity contribution in [3.63, 3.8) is 0 Å². The van der Waals surface area contributed by atoms with Crippen LogP contribution in [-0.2, 0) is 22.5 Å². The summed E-state index contributed by atoms with van der Waals surface area (Å²) in [5.41, 5.74) is 3.74. The number of nitrogens with zero attached hydrogens (tertiary/aromatic N) is 2. The largest absolute Gasteiger partial charge is 0.467 e. The van der Waals surface area contributed by atoms with Gasteiger partial charge in [0.25, 0.3) is 11.8 Å². The lowest BCUT2D eigenvalue weighted by atomic mass is 10.0. The number of imide groups is 1. The Morgan fingerprint density at radius 1 is 1.00 bits per heavy atom. The van der Waals surface area contributed by atoms with Gasteiger partial charge in [-0.1, -0.05) is 42.0 Å². The maximum atomic E-state index is 13.0. The molecule has 2 aromatic carbocycles. The van der Waals surface area contributed by atoms with Crippen molar-refractivity contribution < 1.29 is 19.1 Å². The van der Waals surface area contributed by atoms with Crippen LogP contribution in [-0.4, -0.2) is 40.4 Å². The van der Waals surface area contributed by atoms with E-state index in [-0.39, 0.29) is 6.42 Å². The smallest absolute Gasteiger partial charge is 0.329 e. The van der Waals surface area contributed by atoms with E-state index in [2.05, 4.69) is 10.6 Å². The van der Waals surface area contributed by atoms with Crippen LogP contribution >= 0.6 is 0 Å². The van der Waals surface area contributed by atoms with Crippen LogP contribution in [0.25, 0.3) is 10.9 Å². The van der Waals surface area contributed by atoms with E-state index in [9.17, 15) is 14.4 Å². The van der Waals surface area contributed by atoms with Crippen molar-refractivity contribution in [3.8, 4) is 0 Å². The van der Waals surface area contributed by atoms with E-state index >= 15 is 0 Å². The summed E-state index contributed by atoms with van der Waals surface area (Å²) in [7, 11) is 1.27. The maximum Gasteiger partial charge on any atom is 0.329 e. The van der Waals surface area contributed by atoms with E-state index in [0.717, 1.165) is 21.4 Å². The SMILES string of the molecule is COC(=O)[C@@H](Cc1cn(CC=C(C)C)c2ccccc12)N1C(=O)c2ccccc2C1=O. The fourth-order valence-corrected chi connectivity index (χ4v) is 4.03. The lowest BCUT2D eigenvalue weighted by Gasteiger charge is -2.23. The zero-order valence-corrected chi connectivity index (χ0v) is 17.8. The van der Waals surface area contributed by atoms with Crippen molar-refractivity contribution in [2.45, 2.75) is 32.9 Å². The molecule has 0 saturated heterocycles. The Morgan fingerprint density at radius 2 is 1.61 bits per heavy atom. The van der Waals surface area contributed by atoms with Crippen LogP contribution in [0.5, 0.6) is 0 Å². The Morgan fingerprint density at radius 3 is 2.23 bits per heavy atom. The van der Waals surface area contributed by atoms with Crippen LogP contribution in [0.4, 0.5) is 0 Å². The number of aromatic nitrogens is 1. The monoisotopic (exact) mass is 416 g/mol. The van der Waals surface area contributed by atoms with Crippen molar-refractivity contribution in [1.82, 2.24) is 9.47 Å². The molecule has 31 heavy (non-hydrogen) atoms. The standard InChI is InChI=1S/C25H24N2O4/c1-16(2)12-13-26-15-17(18-8-6-7-11-21(18)26)14-22(25(30)31-3)27-23(28)19-9-4-5-10-20(19)24(27)29/h4-12,15,22H,13-14H2,1-3H3/t22-/m1/s1. The minimum Gasteiger partial charge on any atom is -0.467 e. The van der Waals surface area contributed by atoms with Gasteiger partial charge in [-0.15, -0.1) is 0 Å². The van der Waals surface area contributed by atoms with E-state index in [1.165, 1.54) is 12.7 Å². The third-order valence-electron chi connectivity index (χ3n) is 5.59. The number of allylic oxidation sites excluding steroid dienone is 2. The zero-order valence-electron chi connectivity index (χ0n) is 17.8. The molecule has 158 valence electrons. The van der Waals surface area contributed by atoms with Gasteiger partial charge < -0.3 is 9.30 Å². The van der Waals surface area contributed by atoms with Crippen LogP contribution in [0.2, 0.25) is 0 Å². The molecule has 1 atom stereocenters. The molecule has 0 aliphatic carbocycles. The molecule has 1 aromatic heterocycles. The molecule has 4 rings (SSSR count). The van der Waals surface area contributed by atoms with Crippen LogP contribution in [0.3, 0.4) is 0 Å². The van der Waals surface area contributed by atoms with E-state index in [4.69, 9.17) is 4.74 Å². The molecule has 0 N–H and O–H groups in total. The Balaban J connectivity index is 1.74. The topological polar surface area (TPSA) is 68.6 Å². The third kappa shape index (κ3) is 3.65. The number of amides is 2. The summed E-state index contributed by atoms with van der Waals surface area (Å²) in [4.78, 5) is 39.7. The molecule has 2 heterocycles. The number of esters is 1. The van der Waals surface area contributed by atoms with E-state index in [1.54, 1.807) is 24.3 Å². The first kappa shape index (κ1) is 20.6.